The number of hydrogen-bond acceptors (Lipinski definition) is 4. The van der Waals surface area contributed by atoms with Crippen LogP contribution in [0.1, 0.15) is 12.8 Å². The summed E-state index contributed by atoms with van der Waals surface area (Å²) >= 11 is 0. The van der Waals surface area contributed by atoms with E-state index in [0.717, 1.165) is 10.9 Å². The number of nitrogens with zero attached hydrogens (tertiary/aromatic N) is 2. The van der Waals surface area contributed by atoms with Crippen LogP contribution in [-0.2, 0) is 9.59 Å². The van der Waals surface area contributed by atoms with E-state index in [9.17, 15) is 14.4 Å². The van der Waals surface area contributed by atoms with Crippen molar-refractivity contribution in [2.24, 2.45) is 11.8 Å². The Hall–Kier alpha value is -3.74. The minimum Gasteiger partial charge on any atom is -0.349 e. The van der Waals surface area contributed by atoms with Gasteiger partial charge in [0.2, 0.25) is 11.8 Å². The predicted octanol–water partition coefficient (Wildman–Crippen LogP) is 3.20. The van der Waals surface area contributed by atoms with Gasteiger partial charge in [-0.2, -0.15) is 4.98 Å². The second-order valence-corrected chi connectivity index (χ2v) is 7.89. The fourth-order valence-corrected chi connectivity index (χ4v) is 3.99. The summed E-state index contributed by atoms with van der Waals surface area (Å²) in [5.41, 5.74) is 2.17. The van der Waals surface area contributed by atoms with Crippen LogP contribution in [0.4, 0.5) is 5.69 Å². The van der Waals surface area contributed by atoms with Gasteiger partial charge in [-0.05, 0) is 31.0 Å². The molecule has 0 saturated carbocycles. The van der Waals surface area contributed by atoms with Crippen molar-refractivity contribution in [3.05, 3.63) is 71.2 Å². The second-order valence-electron chi connectivity index (χ2n) is 7.89. The minimum absolute atomic E-state index is 0.0452. The van der Waals surface area contributed by atoms with Crippen LogP contribution in [0.5, 0.6) is 0 Å². The van der Waals surface area contributed by atoms with E-state index in [4.69, 9.17) is 0 Å². The Bertz CT molecular complexity index is 1210. The Labute approximate surface area is 179 Å². The van der Waals surface area contributed by atoms with Crippen LogP contribution in [0.2, 0.25) is 0 Å². The smallest absolute Gasteiger partial charge is 0.345 e. The number of amides is 2. The average Bonchev–Trinajstić information content (AvgIpc) is 2.78. The van der Waals surface area contributed by atoms with Crippen molar-refractivity contribution in [3.63, 3.8) is 0 Å². The van der Waals surface area contributed by atoms with Gasteiger partial charge in [0.25, 0.3) is 0 Å². The van der Waals surface area contributed by atoms with Gasteiger partial charge in [0, 0.05) is 30.7 Å². The Morgan fingerprint density at radius 1 is 1.03 bits per heavy atom. The molecule has 0 radical (unpaired) electrons. The Morgan fingerprint density at radius 2 is 1.74 bits per heavy atom. The number of rotatable bonds is 4. The van der Waals surface area contributed by atoms with E-state index in [1.165, 1.54) is 4.90 Å². The molecule has 3 aromatic rings. The minimum atomic E-state index is -0.433. The highest BCUT2D eigenvalue weighted by Gasteiger charge is 2.34. The van der Waals surface area contributed by atoms with Gasteiger partial charge >= 0.3 is 5.69 Å². The van der Waals surface area contributed by atoms with Gasteiger partial charge in [-0.15, -0.1) is 0 Å². The Kier molecular flexibility index (Phi) is 5.66. The topological polar surface area (TPSA) is 95.2 Å². The number of carbonyl (C=O) groups excluding carboxylic acids is 2. The van der Waals surface area contributed by atoms with Crippen molar-refractivity contribution < 1.29 is 9.59 Å². The summed E-state index contributed by atoms with van der Waals surface area (Å²) in [5.74, 6) is -1.05. The van der Waals surface area contributed by atoms with E-state index >= 15 is 0 Å². The number of allylic oxidation sites excluding steroid dienone is 2. The zero-order valence-electron chi connectivity index (χ0n) is 17.5. The van der Waals surface area contributed by atoms with Crippen LogP contribution in [0.25, 0.3) is 22.2 Å². The number of carbonyl (C=O) groups is 2. The summed E-state index contributed by atoms with van der Waals surface area (Å²) in [6, 6.07) is 14.7. The zero-order valence-corrected chi connectivity index (χ0v) is 17.5. The van der Waals surface area contributed by atoms with Gasteiger partial charge in [0.05, 0.1) is 23.0 Å². The lowest BCUT2D eigenvalue weighted by Crippen LogP contribution is -2.40. The van der Waals surface area contributed by atoms with E-state index in [0.29, 0.717) is 29.7 Å². The molecule has 0 fully saturated rings. The van der Waals surface area contributed by atoms with Gasteiger partial charge in [0.1, 0.15) is 0 Å². The predicted molar refractivity (Wildman–Crippen MR) is 120 cm³/mol. The van der Waals surface area contributed by atoms with Gasteiger partial charge in [-0.1, -0.05) is 42.5 Å². The molecule has 158 valence electrons. The van der Waals surface area contributed by atoms with Gasteiger partial charge < -0.3 is 15.2 Å². The van der Waals surface area contributed by atoms with Crippen LogP contribution in [-0.4, -0.2) is 40.8 Å². The number of hydrogen-bond donors (Lipinski definition) is 2. The molecule has 4 rings (SSSR count). The van der Waals surface area contributed by atoms with Crippen LogP contribution < -0.4 is 11.0 Å². The largest absolute Gasteiger partial charge is 0.349 e. The number of benzene rings is 2. The van der Waals surface area contributed by atoms with E-state index in [-0.39, 0.29) is 17.7 Å². The van der Waals surface area contributed by atoms with Crippen molar-refractivity contribution in [1.29, 1.82) is 0 Å². The summed E-state index contributed by atoms with van der Waals surface area (Å²) in [6.07, 6.45) is 4.98. The third-order valence-corrected chi connectivity index (χ3v) is 5.57. The van der Waals surface area contributed by atoms with Gasteiger partial charge in [-0.25, -0.2) is 4.79 Å². The van der Waals surface area contributed by atoms with Crippen LogP contribution in [0.15, 0.2) is 65.5 Å². The number of nitrogens with one attached hydrogen (secondary N) is 2. The average molecular weight is 416 g/mol. The van der Waals surface area contributed by atoms with Crippen molar-refractivity contribution >= 4 is 28.4 Å². The highest BCUT2D eigenvalue weighted by Crippen LogP contribution is 2.30. The van der Waals surface area contributed by atoms with E-state index in [1.807, 2.05) is 42.5 Å². The van der Waals surface area contributed by atoms with Crippen LogP contribution in [0.3, 0.4) is 0 Å². The van der Waals surface area contributed by atoms with E-state index in [2.05, 4.69) is 15.3 Å². The molecule has 7 nitrogen and oxygen atoms in total. The lowest BCUT2D eigenvalue weighted by atomic mass is 9.81. The summed E-state index contributed by atoms with van der Waals surface area (Å²) in [7, 11) is 3.41. The fourth-order valence-electron chi connectivity index (χ4n) is 3.99. The monoisotopic (exact) mass is 416 g/mol. The summed E-state index contributed by atoms with van der Waals surface area (Å²) in [4.78, 5) is 46.1. The molecule has 2 aromatic carbocycles. The molecule has 31 heavy (non-hydrogen) atoms. The number of anilines is 1. The first kappa shape index (κ1) is 20.5. The zero-order chi connectivity index (χ0) is 22.0. The molecule has 7 heteroatoms. The third kappa shape index (κ3) is 4.26. The van der Waals surface area contributed by atoms with E-state index < -0.39 is 11.6 Å². The van der Waals surface area contributed by atoms with Gasteiger partial charge in [-0.3, -0.25) is 9.59 Å². The first-order valence-corrected chi connectivity index (χ1v) is 10.2. The van der Waals surface area contributed by atoms with Crippen molar-refractivity contribution in [2.75, 3.05) is 19.4 Å². The SMILES string of the molecule is CN(C)C(=O)C1CC=CCC1C(=O)Nc1ccc2[nH]c(=O)nc(-c3ccccc3)c2c1. The number of H-pyrrole nitrogens is 1. The Morgan fingerprint density at radius 3 is 2.45 bits per heavy atom. The molecule has 1 aliphatic carbocycles. The van der Waals surface area contributed by atoms with Crippen molar-refractivity contribution in [1.82, 2.24) is 14.9 Å². The summed E-state index contributed by atoms with van der Waals surface area (Å²) in [6.45, 7) is 0. The third-order valence-electron chi connectivity index (χ3n) is 5.57. The molecule has 0 aliphatic heterocycles. The molecular formula is C24H24N4O3. The summed E-state index contributed by atoms with van der Waals surface area (Å²) < 4.78 is 0. The molecule has 2 N–H and O–H groups in total. The molecule has 2 unspecified atom stereocenters. The molecule has 0 spiro atoms. The van der Waals surface area contributed by atoms with Gasteiger partial charge in [0.15, 0.2) is 0 Å². The molecule has 1 aliphatic rings. The number of aromatic amines is 1. The lowest BCUT2D eigenvalue weighted by molar-refractivity contribution is -0.138. The lowest BCUT2D eigenvalue weighted by Gasteiger charge is -2.28. The number of fused-ring (bicyclic) bond motifs is 1. The quantitative estimate of drug-likeness (QED) is 0.639. The molecule has 1 aromatic heterocycles. The Balaban J connectivity index is 1.67. The maximum absolute atomic E-state index is 13.1. The van der Waals surface area contributed by atoms with Crippen LogP contribution in [0, 0.1) is 11.8 Å². The van der Waals surface area contributed by atoms with E-state index in [1.54, 1.807) is 32.3 Å². The molecular weight excluding hydrogens is 392 g/mol. The molecule has 2 amide bonds. The summed E-state index contributed by atoms with van der Waals surface area (Å²) in [5, 5.41) is 3.69. The normalized spacial score (nSPS) is 18.0. The standard InChI is InChI=1S/C24H24N4O3/c1-28(2)23(30)18-11-7-6-10-17(18)22(29)25-16-12-13-20-19(14-16)21(27-24(31)26-20)15-8-4-3-5-9-15/h3-9,12-14,17-18H,10-11H2,1-2H3,(H,25,29)(H,26,27,31). The molecule has 2 atom stereocenters. The van der Waals surface area contributed by atoms with Crippen molar-refractivity contribution in [3.8, 4) is 11.3 Å². The maximum Gasteiger partial charge on any atom is 0.345 e. The number of aromatic nitrogens is 2. The fraction of sp³-hybridized carbons (Fsp3) is 0.250. The maximum atomic E-state index is 13.1. The first-order chi connectivity index (χ1) is 14.9. The first-order valence-electron chi connectivity index (χ1n) is 10.2. The highest BCUT2D eigenvalue weighted by atomic mass is 16.2. The molecule has 0 bridgehead atoms. The van der Waals surface area contributed by atoms with Crippen LogP contribution >= 0.6 is 0 Å². The van der Waals surface area contributed by atoms with Crippen molar-refractivity contribution in [2.45, 2.75) is 12.8 Å². The second kappa shape index (κ2) is 8.55. The molecule has 1 heterocycles. The molecule has 0 saturated heterocycles. The highest BCUT2D eigenvalue weighted by molar-refractivity contribution is 6.00.